The van der Waals surface area contributed by atoms with Crippen molar-refractivity contribution in [3.05, 3.63) is 0 Å². The van der Waals surface area contributed by atoms with Crippen LogP contribution in [-0.4, -0.2) is 62.0 Å². The van der Waals surface area contributed by atoms with Crippen molar-refractivity contribution in [1.29, 1.82) is 0 Å². The van der Waals surface area contributed by atoms with E-state index in [-0.39, 0.29) is 32.3 Å². The van der Waals surface area contributed by atoms with Crippen LogP contribution in [0.4, 0.5) is 0 Å². The topological polar surface area (TPSA) is 86.7 Å². The number of hydrogen-bond acceptors (Lipinski definition) is 6. The van der Waals surface area contributed by atoms with Gasteiger partial charge in [-0.2, -0.15) is 0 Å². The quantitative estimate of drug-likeness (QED) is 0.0455. The van der Waals surface area contributed by atoms with Crippen LogP contribution in [0.1, 0.15) is 232 Å². The minimum absolute atomic E-state index is 0. The second-order valence-electron chi connectivity index (χ2n) is 15.5. The van der Waals surface area contributed by atoms with Crippen molar-refractivity contribution in [3.63, 3.8) is 0 Å². The van der Waals surface area contributed by atoms with Gasteiger partial charge in [0, 0.05) is 25.0 Å². The maximum atomic E-state index is 10.4. The summed E-state index contributed by atoms with van der Waals surface area (Å²) < 4.78 is 0. The van der Waals surface area contributed by atoms with E-state index in [2.05, 4.69) is 23.6 Å². The molecule has 7 heteroatoms. The number of carboxylic acid groups (broad SMARTS) is 2. The Balaban J connectivity index is -0.000000886. The first-order chi connectivity index (χ1) is 24.3. The molecule has 0 atom stereocenters. The fraction of sp³-hybridized carbons (Fsp3) is 0.955. The Morgan fingerprint density at radius 1 is 0.333 bits per heavy atom. The molecule has 0 fully saturated rings. The van der Waals surface area contributed by atoms with Crippen LogP contribution in [0.5, 0.6) is 0 Å². The maximum absolute atomic E-state index is 10.4. The van der Waals surface area contributed by atoms with Crippen molar-refractivity contribution in [2.75, 3.05) is 40.3 Å². The Bertz CT molecular complexity index is 626. The summed E-state index contributed by atoms with van der Waals surface area (Å²) in [6, 6.07) is 0. The van der Waals surface area contributed by atoms with Crippen LogP contribution in [0.3, 0.4) is 0 Å². The fourth-order valence-corrected chi connectivity index (χ4v) is 6.65. The van der Waals surface area contributed by atoms with Crippen LogP contribution in [0.2, 0.25) is 0 Å². The third-order valence-electron chi connectivity index (χ3n) is 10.2. The van der Waals surface area contributed by atoms with E-state index in [1.807, 2.05) is 14.1 Å². The van der Waals surface area contributed by atoms with Crippen molar-refractivity contribution < 1.29 is 39.3 Å². The first-order valence-electron chi connectivity index (χ1n) is 22.1. The second-order valence-corrected chi connectivity index (χ2v) is 15.5. The average Bonchev–Trinajstić information content (AvgIpc) is 3.09. The van der Waals surface area contributed by atoms with E-state index in [0.717, 1.165) is 13.1 Å². The Kier molecular flexibility index (Phi) is 51.1. The summed E-state index contributed by atoms with van der Waals surface area (Å²) in [7, 11) is 3.99. The summed E-state index contributed by atoms with van der Waals surface area (Å²) in [6.07, 6.45) is 44.7. The summed E-state index contributed by atoms with van der Waals surface area (Å²) in [6.45, 7) is 7.79. The first kappa shape index (κ1) is 54.8. The molecule has 0 unspecified atom stereocenters. The molecule has 0 amide bonds. The third-order valence-corrected chi connectivity index (χ3v) is 10.2. The Labute approximate surface area is 332 Å². The number of rotatable bonds is 40. The molecule has 0 saturated heterocycles. The van der Waals surface area contributed by atoms with E-state index >= 15 is 0 Å². The normalized spacial score (nSPS) is 11.1. The van der Waals surface area contributed by atoms with Gasteiger partial charge in [-0.3, -0.25) is 0 Å². The fourth-order valence-electron chi connectivity index (χ4n) is 6.65. The van der Waals surface area contributed by atoms with Crippen LogP contribution in [0, 0.1) is 0 Å². The van der Waals surface area contributed by atoms with Gasteiger partial charge in [0.1, 0.15) is 0 Å². The van der Waals surface area contributed by atoms with Gasteiger partial charge in [-0.25, -0.2) is 0 Å². The van der Waals surface area contributed by atoms with Gasteiger partial charge in [-0.1, -0.05) is 206 Å². The van der Waals surface area contributed by atoms with Crippen molar-refractivity contribution in [2.45, 2.75) is 232 Å². The predicted octanol–water partition coefficient (Wildman–Crippen LogP) is 10.6. The monoisotopic (exact) mass is 773 g/mol. The molecule has 0 aromatic heterocycles. The smallest absolute Gasteiger partial charge is 0.550 e. The molecule has 0 aliphatic rings. The molecule has 0 heterocycles. The standard InChI is InChI=1S/2C22H45NO2.Zn/c2*1-3-4-5-6-7-8-9-10-11-12-13-14-15-16-17-18-20-23(2)21-19-22(24)25;/h2*3-21H2,1-2H3,(H,24,25);/q;;+2/p-2. The SMILES string of the molecule is CCCCCCCCCCCCCCCCCCN(C)CCC(=O)[O-].CCCCCCCCCCCCCCCCCCN(C)CCC(=O)[O-].[Zn+2]. The van der Waals surface area contributed by atoms with E-state index in [0.29, 0.717) is 13.1 Å². The summed E-state index contributed by atoms with van der Waals surface area (Å²) in [5, 5.41) is 20.8. The Hall–Kier alpha value is -0.517. The van der Waals surface area contributed by atoms with Gasteiger partial charge < -0.3 is 29.6 Å². The number of unbranched alkanes of at least 4 members (excludes halogenated alkanes) is 30. The van der Waals surface area contributed by atoms with Gasteiger partial charge in [0.2, 0.25) is 0 Å². The van der Waals surface area contributed by atoms with Crippen molar-refractivity contribution >= 4 is 11.9 Å². The zero-order valence-electron chi connectivity index (χ0n) is 35.1. The van der Waals surface area contributed by atoms with Crippen LogP contribution in [-0.2, 0) is 29.1 Å². The number of carbonyl (C=O) groups excluding carboxylic acids is 2. The summed E-state index contributed by atoms with van der Waals surface area (Å²) in [4.78, 5) is 25.0. The molecule has 51 heavy (non-hydrogen) atoms. The van der Waals surface area contributed by atoms with E-state index < -0.39 is 11.9 Å². The minimum atomic E-state index is -0.946. The molecule has 0 rings (SSSR count). The summed E-state index contributed by atoms with van der Waals surface area (Å²) in [5.74, 6) is -1.89. The molecule has 0 aliphatic carbocycles. The van der Waals surface area contributed by atoms with Crippen LogP contribution in [0.25, 0.3) is 0 Å². The molecule has 0 aliphatic heterocycles. The maximum Gasteiger partial charge on any atom is 2.00 e. The summed E-state index contributed by atoms with van der Waals surface area (Å²) in [5.41, 5.74) is 0. The summed E-state index contributed by atoms with van der Waals surface area (Å²) >= 11 is 0. The third kappa shape index (κ3) is 53.9. The van der Waals surface area contributed by atoms with E-state index in [1.54, 1.807) is 0 Å². The van der Waals surface area contributed by atoms with Gasteiger partial charge in [0.25, 0.3) is 0 Å². The molecule has 6 nitrogen and oxygen atoms in total. The molecule has 0 aromatic carbocycles. The van der Waals surface area contributed by atoms with E-state index in [9.17, 15) is 19.8 Å². The van der Waals surface area contributed by atoms with Gasteiger partial charge in [-0.05, 0) is 52.9 Å². The van der Waals surface area contributed by atoms with Crippen molar-refractivity contribution in [1.82, 2.24) is 9.80 Å². The number of carboxylic acids is 2. The predicted molar refractivity (Wildman–Crippen MR) is 213 cm³/mol. The Morgan fingerprint density at radius 3 is 0.686 bits per heavy atom. The molecule has 0 aromatic rings. The minimum Gasteiger partial charge on any atom is -0.550 e. The number of aliphatic carboxylic acids is 2. The van der Waals surface area contributed by atoms with Crippen LogP contribution in [0.15, 0.2) is 0 Å². The molecule has 300 valence electrons. The van der Waals surface area contributed by atoms with Gasteiger partial charge in [-0.15, -0.1) is 0 Å². The molecular formula is C44H88N2O4Zn. The largest absolute Gasteiger partial charge is 2.00 e. The second kappa shape index (κ2) is 47.5. The zero-order valence-corrected chi connectivity index (χ0v) is 38.1. The molecular weight excluding hydrogens is 686 g/mol. The molecule has 0 radical (unpaired) electrons. The Morgan fingerprint density at radius 2 is 0.510 bits per heavy atom. The average molecular weight is 775 g/mol. The van der Waals surface area contributed by atoms with Crippen molar-refractivity contribution in [3.8, 4) is 0 Å². The molecule has 0 spiro atoms. The number of carbonyl (C=O) groups is 2. The van der Waals surface area contributed by atoms with Crippen molar-refractivity contribution in [2.24, 2.45) is 0 Å². The van der Waals surface area contributed by atoms with E-state index in [1.165, 1.54) is 205 Å². The zero-order chi connectivity index (χ0) is 37.2. The molecule has 0 bridgehead atoms. The van der Waals surface area contributed by atoms with Crippen LogP contribution < -0.4 is 10.2 Å². The number of nitrogens with zero attached hydrogens (tertiary/aromatic N) is 2. The molecule has 0 N–H and O–H groups in total. The number of hydrogen-bond donors (Lipinski definition) is 0. The van der Waals surface area contributed by atoms with E-state index in [4.69, 9.17) is 0 Å². The van der Waals surface area contributed by atoms with Gasteiger partial charge in [0.15, 0.2) is 0 Å². The first-order valence-corrected chi connectivity index (χ1v) is 22.1. The van der Waals surface area contributed by atoms with Gasteiger partial charge in [0.05, 0.1) is 0 Å². The molecule has 0 saturated carbocycles. The van der Waals surface area contributed by atoms with Crippen LogP contribution >= 0.6 is 0 Å². The van der Waals surface area contributed by atoms with Gasteiger partial charge >= 0.3 is 19.5 Å².